The van der Waals surface area contributed by atoms with Crippen molar-refractivity contribution in [3.05, 3.63) is 42.0 Å². The van der Waals surface area contributed by atoms with E-state index in [1.807, 2.05) is 89.3 Å². The van der Waals surface area contributed by atoms with Crippen molar-refractivity contribution in [2.45, 2.75) is 187 Å². The summed E-state index contributed by atoms with van der Waals surface area (Å²) in [7, 11) is -8.38. The van der Waals surface area contributed by atoms with E-state index in [0.717, 1.165) is 49.8 Å². The van der Waals surface area contributed by atoms with E-state index in [0.29, 0.717) is 25.0 Å². The van der Waals surface area contributed by atoms with E-state index >= 15 is 0 Å². The summed E-state index contributed by atoms with van der Waals surface area (Å²) in [5.41, 5.74) is -1.33. The minimum atomic E-state index is -2.73. The molecule has 0 aliphatic rings. The largest absolute Gasteiger partial charge is 0.544 e. The molecule has 1 aromatic carbocycles. The van der Waals surface area contributed by atoms with Gasteiger partial charge in [0.1, 0.15) is 17.6 Å². The van der Waals surface area contributed by atoms with Crippen LogP contribution in [0, 0.1) is 5.92 Å². The number of Topliss-reactive ketones (excluding diaryl/α,β-unsaturated/α-hetero) is 1. The average Bonchev–Trinajstić information content (AvgIpc) is 3.07. The second-order valence-corrected chi connectivity index (χ2v) is 37.3. The molecule has 0 aromatic heterocycles. The normalized spacial score (nSPS) is 14.5. The Balaban J connectivity index is 3.57. The first-order chi connectivity index (χ1) is 27.2. The van der Waals surface area contributed by atoms with Gasteiger partial charge < -0.3 is 27.8 Å². The molecule has 0 saturated heterocycles. The van der Waals surface area contributed by atoms with E-state index in [-0.39, 0.29) is 6.42 Å². The number of nitrogens with one attached hydrogen (secondary N) is 1. The maximum absolute atomic E-state index is 14.8. The Labute approximate surface area is 361 Å². The minimum Gasteiger partial charge on any atom is -0.544 e. The van der Waals surface area contributed by atoms with Gasteiger partial charge in [-0.2, -0.15) is 0 Å². The van der Waals surface area contributed by atoms with Gasteiger partial charge in [0.2, 0.25) is 30.9 Å². The number of hydrogen-bond acceptors (Lipinski definition) is 10. The van der Waals surface area contributed by atoms with Crippen molar-refractivity contribution in [2.75, 3.05) is 7.11 Å². The Hall–Kier alpha value is -2.86. The minimum absolute atomic E-state index is 0.0995. The van der Waals surface area contributed by atoms with Crippen molar-refractivity contribution in [1.82, 2.24) is 5.32 Å². The summed E-state index contributed by atoms with van der Waals surface area (Å²) in [6.07, 6.45) is 13.9. The third-order valence-electron chi connectivity index (χ3n) is 8.90. The van der Waals surface area contributed by atoms with E-state index in [9.17, 15) is 24.0 Å². The summed E-state index contributed by atoms with van der Waals surface area (Å²) in [6.45, 7) is 25.3. The Morgan fingerprint density at radius 2 is 1.24 bits per heavy atom. The van der Waals surface area contributed by atoms with Gasteiger partial charge in [0.05, 0.1) is 19.4 Å². The molecule has 0 bridgehead atoms. The van der Waals surface area contributed by atoms with Crippen molar-refractivity contribution < 1.29 is 46.4 Å². The molecular weight excluding hydrogens is 815 g/mol. The lowest BCUT2D eigenvalue weighted by atomic mass is 9.82. The molecule has 11 nitrogen and oxygen atoms in total. The molecule has 1 rings (SSSR count). The third-order valence-corrected chi connectivity index (χ3v) is 12.4. The van der Waals surface area contributed by atoms with Crippen molar-refractivity contribution in [2.24, 2.45) is 5.92 Å². The first-order valence-electron chi connectivity index (χ1n) is 21.7. The van der Waals surface area contributed by atoms with Crippen molar-refractivity contribution in [3.63, 3.8) is 0 Å². The SMILES string of the molecule is CCCCCCCC(=O)CCCCCC/C=C/C(C(=O)NC(Cc1ccc(O[Si](C)(C)C)cc1)C(=O)OC)C(CC(=O)O[Si](C)(C)C)(O[Si](C)(C)C)C(=O)O[Si](C)(C)C. The quantitative estimate of drug-likeness (QED) is 0.0357. The number of amides is 1. The highest BCUT2D eigenvalue weighted by Crippen LogP contribution is 2.36. The zero-order chi connectivity index (χ0) is 45.1. The maximum atomic E-state index is 14.8. The number of esters is 1. The molecule has 0 aliphatic heterocycles. The molecule has 0 heterocycles. The van der Waals surface area contributed by atoms with Gasteiger partial charge in [-0.25, -0.2) is 4.79 Å². The van der Waals surface area contributed by atoms with Crippen LogP contribution in [0.1, 0.15) is 96.0 Å². The van der Waals surface area contributed by atoms with E-state index in [1.54, 1.807) is 6.08 Å². The highest BCUT2D eigenvalue weighted by molar-refractivity contribution is 6.72. The lowest BCUT2D eigenvalue weighted by molar-refractivity contribution is -0.167. The molecule has 0 spiro atoms. The molecule has 1 aromatic rings. The summed E-state index contributed by atoms with van der Waals surface area (Å²) >= 11 is 0. The summed E-state index contributed by atoms with van der Waals surface area (Å²) in [4.78, 5) is 69.0. The van der Waals surface area contributed by atoms with Gasteiger partial charge in [-0.15, -0.1) is 0 Å². The van der Waals surface area contributed by atoms with Crippen LogP contribution in [0.3, 0.4) is 0 Å². The number of rotatable bonds is 29. The second kappa shape index (κ2) is 25.2. The fraction of sp³-hybridized carbons (Fsp3) is 0.705. The molecule has 0 aliphatic carbocycles. The summed E-state index contributed by atoms with van der Waals surface area (Å²) in [5, 5.41) is 2.88. The van der Waals surface area contributed by atoms with Crippen LogP contribution in [0.2, 0.25) is 78.6 Å². The van der Waals surface area contributed by atoms with Crippen molar-refractivity contribution in [1.29, 1.82) is 0 Å². The molecule has 15 heteroatoms. The van der Waals surface area contributed by atoms with E-state index in [1.165, 1.54) is 26.4 Å². The Bertz CT molecular complexity index is 1510. The molecular formula is C44H79NO10Si4. The summed E-state index contributed by atoms with van der Waals surface area (Å²) in [6, 6.07) is 6.24. The topological polar surface area (TPSA) is 144 Å². The zero-order valence-corrected chi connectivity index (χ0v) is 43.1. The third kappa shape index (κ3) is 23.6. The molecule has 336 valence electrons. The predicted octanol–water partition coefficient (Wildman–Crippen LogP) is 10.3. The molecule has 59 heavy (non-hydrogen) atoms. The summed E-state index contributed by atoms with van der Waals surface area (Å²) in [5.74, 6) is -3.15. The first kappa shape index (κ1) is 54.2. The van der Waals surface area contributed by atoms with Crippen molar-refractivity contribution >= 4 is 62.9 Å². The van der Waals surface area contributed by atoms with Gasteiger partial charge in [0.25, 0.3) is 5.97 Å². The Morgan fingerprint density at radius 3 is 1.73 bits per heavy atom. The van der Waals surface area contributed by atoms with Crippen LogP contribution in [0.15, 0.2) is 36.4 Å². The highest BCUT2D eigenvalue weighted by Gasteiger charge is 2.56. The van der Waals surface area contributed by atoms with Crippen LogP contribution in [-0.2, 0) is 48.4 Å². The first-order valence-corrected chi connectivity index (χ1v) is 35.3. The molecule has 3 unspecified atom stereocenters. The van der Waals surface area contributed by atoms with E-state index in [2.05, 4.69) is 31.9 Å². The van der Waals surface area contributed by atoms with Gasteiger partial charge in [0.15, 0.2) is 13.9 Å². The number of hydrogen-bond donors (Lipinski definition) is 1. The molecule has 1 N–H and O–H groups in total. The van der Waals surface area contributed by atoms with Gasteiger partial charge in [0, 0.05) is 19.3 Å². The van der Waals surface area contributed by atoms with Gasteiger partial charge in [-0.1, -0.05) is 69.7 Å². The van der Waals surface area contributed by atoms with Gasteiger partial charge in [-0.05, 0) is 122 Å². The number of ether oxygens (including phenoxy) is 1. The number of carbonyl (C=O) groups excluding carboxylic acids is 5. The lowest BCUT2D eigenvalue weighted by Gasteiger charge is -2.42. The number of allylic oxidation sites excluding steroid dienone is 1. The number of unbranched alkanes of at least 4 members (excludes halogenated alkanes) is 8. The van der Waals surface area contributed by atoms with Crippen LogP contribution < -0.4 is 9.74 Å². The Kier molecular flexibility index (Phi) is 23.1. The fourth-order valence-electron chi connectivity index (χ4n) is 6.51. The van der Waals surface area contributed by atoms with Gasteiger partial charge >= 0.3 is 11.9 Å². The van der Waals surface area contributed by atoms with Crippen molar-refractivity contribution in [3.8, 4) is 5.75 Å². The van der Waals surface area contributed by atoms with Crippen LogP contribution in [-0.4, -0.2) is 81.6 Å². The smallest absolute Gasteiger partial charge is 0.328 e. The molecule has 1 amide bonds. The number of ketones is 1. The molecule has 0 radical (unpaired) electrons. The highest BCUT2D eigenvalue weighted by atomic mass is 28.4. The average molecular weight is 894 g/mol. The molecule has 3 atom stereocenters. The lowest BCUT2D eigenvalue weighted by Crippen LogP contribution is -2.61. The monoisotopic (exact) mass is 893 g/mol. The van der Waals surface area contributed by atoms with Crippen LogP contribution in [0.4, 0.5) is 0 Å². The van der Waals surface area contributed by atoms with Crippen LogP contribution in [0.5, 0.6) is 5.75 Å². The Morgan fingerprint density at radius 1 is 0.695 bits per heavy atom. The number of benzene rings is 1. The predicted molar refractivity (Wildman–Crippen MR) is 247 cm³/mol. The summed E-state index contributed by atoms with van der Waals surface area (Å²) < 4.78 is 30.0. The number of carbonyl (C=O) groups is 5. The number of methoxy groups -OCH3 is 1. The zero-order valence-electron chi connectivity index (χ0n) is 39.1. The second-order valence-electron chi connectivity index (χ2n) is 19.6. The van der Waals surface area contributed by atoms with E-state index in [4.69, 9.17) is 22.4 Å². The maximum Gasteiger partial charge on any atom is 0.328 e. The van der Waals surface area contributed by atoms with Crippen LogP contribution >= 0.6 is 0 Å². The fourth-order valence-corrected chi connectivity index (χ4v) is 10.2. The van der Waals surface area contributed by atoms with Crippen LogP contribution in [0.25, 0.3) is 0 Å². The van der Waals surface area contributed by atoms with Gasteiger partial charge in [-0.3, -0.25) is 19.2 Å². The van der Waals surface area contributed by atoms with E-state index < -0.39 is 81.1 Å². The molecule has 0 fully saturated rings. The standard InChI is InChI=1S/C44H79NO10Si4/c1-15-16-17-20-23-26-36(46)27-24-21-18-19-22-25-28-38(41(48)45-39(42(49)51-2)33-35-29-31-37(32-30-35)52-56(3,4)5)44(55-59(12,13)14,43(50)54-58(9,10)11)34-40(47)53-57(6,7)8/h25,28-32,38-39H,15-24,26-27,33-34H2,1-14H3,(H,45,48)/b28-25+. The molecule has 0 saturated carbocycles.